The molecule has 76 valence electrons. The molecule has 0 aromatic rings. The van der Waals surface area contributed by atoms with E-state index < -0.39 is 0 Å². The smallest absolute Gasteiger partial charge is 0.00985 e. The van der Waals surface area contributed by atoms with Crippen molar-refractivity contribution >= 4 is 0 Å². The molecule has 0 bridgehead atoms. The summed E-state index contributed by atoms with van der Waals surface area (Å²) < 4.78 is 0. The van der Waals surface area contributed by atoms with Crippen molar-refractivity contribution in [3.63, 3.8) is 0 Å². The van der Waals surface area contributed by atoms with Gasteiger partial charge in [-0.2, -0.15) is 0 Å². The highest BCUT2D eigenvalue weighted by atomic mass is 15.2. The first-order valence-electron chi connectivity index (χ1n) is 5.81. The fourth-order valence-electron chi connectivity index (χ4n) is 3.01. The summed E-state index contributed by atoms with van der Waals surface area (Å²) in [7, 11) is 0. The van der Waals surface area contributed by atoms with Gasteiger partial charge in [0.15, 0.2) is 0 Å². The standard InChI is InChI=1S/C12H23N/c1-12(2,3)10-6-8-13-7-4-5-11(13)9-10/h10-11H,4-9H2,1-3H3/t10?,11-/m0/s1. The van der Waals surface area contributed by atoms with Gasteiger partial charge in [-0.3, -0.25) is 0 Å². The van der Waals surface area contributed by atoms with E-state index in [0.29, 0.717) is 5.41 Å². The topological polar surface area (TPSA) is 3.24 Å². The first kappa shape index (κ1) is 9.51. The Morgan fingerprint density at radius 2 is 1.85 bits per heavy atom. The van der Waals surface area contributed by atoms with E-state index in [2.05, 4.69) is 25.7 Å². The molecule has 2 rings (SSSR count). The van der Waals surface area contributed by atoms with E-state index in [4.69, 9.17) is 0 Å². The summed E-state index contributed by atoms with van der Waals surface area (Å²) >= 11 is 0. The predicted octanol–water partition coefficient (Wildman–Crippen LogP) is 2.91. The SMILES string of the molecule is CC(C)(C)C1CCN2CCC[C@H]2C1. The Labute approximate surface area is 82.5 Å². The van der Waals surface area contributed by atoms with Crippen LogP contribution in [-0.2, 0) is 0 Å². The number of nitrogens with zero attached hydrogens (tertiary/aromatic N) is 1. The summed E-state index contributed by atoms with van der Waals surface area (Å²) in [5.74, 6) is 0.965. The second kappa shape index (κ2) is 3.27. The van der Waals surface area contributed by atoms with E-state index in [1.165, 1.54) is 38.8 Å². The molecule has 2 aliphatic heterocycles. The summed E-state index contributed by atoms with van der Waals surface area (Å²) in [4.78, 5) is 2.71. The normalized spacial score (nSPS) is 36.2. The molecular weight excluding hydrogens is 158 g/mol. The van der Waals surface area contributed by atoms with Crippen LogP contribution in [-0.4, -0.2) is 24.0 Å². The highest BCUT2D eigenvalue weighted by molar-refractivity contribution is 4.89. The van der Waals surface area contributed by atoms with E-state index in [-0.39, 0.29) is 0 Å². The molecule has 0 radical (unpaired) electrons. The second-order valence-electron chi connectivity index (χ2n) is 5.92. The average molecular weight is 181 g/mol. The lowest BCUT2D eigenvalue weighted by atomic mass is 9.73. The lowest BCUT2D eigenvalue weighted by Gasteiger charge is -2.41. The van der Waals surface area contributed by atoms with E-state index in [1.807, 2.05) is 0 Å². The van der Waals surface area contributed by atoms with Gasteiger partial charge in [0.1, 0.15) is 0 Å². The summed E-state index contributed by atoms with van der Waals surface area (Å²) in [6.45, 7) is 9.96. The van der Waals surface area contributed by atoms with Crippen LogP contribution >= 0.6 is 0 Å². The number of hydrogen-bond donors (Lipinski definition) is 0. The molecule has 0 aromatic heterocycles. The molecule has 0 amide bonds. The number of fused-ring (bicyclic) bond motifs is 1. The van der Waals surface area contributed by atoms with Gasteiger partial charge >= 0.3 is 0 Å². The van der Waals surface area contributed by atoms with E-state index in [0.717, 1.165) is 12.0 Å². The molecular formula is C12H23N. The quantitative estimate of drug-likeness (QED) is 0.555. The molecule has 0 N–H and O–H groups in total. The summed E-state index contributed by atoms with van der Waals surface area (Å²) in [5, 5.41) is 0. The molecule has 1 heteroatoms. The van der Waals surface area contributed by atoms with Crippen molar-refractivity contribution in [1.29, 1.82) is 0 Å². The maximum Gasteiger partial charge on any atom is 0.00985 e. The van der Waals surface area contributed by atoms with Crippen molar-refractivity contribution < 1.29 is 0 Å². The molecule has 0 spiro atoms. The summed E-state index contributed by atoms with van der Waals surface area (Å²) in [5.41, 5.74) is 0.536. The Kier molecular flexibility index (Phi) is 2.39. The lowest BCUT2D eigenvalue weighted by Crippen LogP contribution is -2.41. The Morgan fingerprint density at radius 3 is 2.54 bits per heavy atom. The molecule has 2 aliphatic rings. The molecule has 2 saturated heterocycles. The Hall–Kier alpha value is -0.0400. The van der Waals surface area contributed by atoms with Crippen molar-refractivity contribution in [2.75, 3.05) is 13.1 Å². The molecule has 1 unspecified atom stereocenters. The highest BCUT2D eigenvalue weighted by Crippen LogP contribution is 2.39. The van der Waals surface area contributed by atoms with Crippen molar-refractivity contribution in [1.82, 2.24) is 4.90 Å². The number of hydrogen-bond acceptors (Lipinski definition) is 1. The molecule has 1 nitrogen and oxygen atoms in total. The van der Waals surface area contributed by atoms with Crippen molar-refractivity contribution in [2.45, 2.75) is 52.5 Å². The van der Waals surface area contributed by atoms with Crippen LogP contribution in [0.15, 0.2) is 0 Å². The third-order valence-corrected chi connectivity index (χ3v) is 4.05. The Morgan fingerprint density at radius 1 is 1.08 bits per heavy atom. The van der Waals surface area contributed by atoms with Crippen LogP contribution in [0.5, 0.6) is 0 Å². The molecule has 0 aliphatic carbocycles. The first-order chi connectivity index (χ1) is 6.07. The summed E-state index contributed by atoms with van der Waals surface area (Å²) in [6, 6.07) is 0.943. The van der Waals surface area contributed by atoms with Crippen LogP contribution in [0.1, 0.15) is 46.5 Å². The van der Waals surface area contributed by atoms with Gasteiger partial charge in [-0.1, -0.05) is 20.8 Å². The number of piperidine rings is 1. The van der Waals surface area contributed by atoms with Crippen LogP contribution in [0.4, 0.5) is 0 Å². The molecule has 13 heavy (non-hydrogen) atoms. The van der Waals surface area contributed by atoms with Gasteiger partial charge in [0, 0.05) is 6.04 Å². The van der Waals surface area contributed by atoms with Gasteiger partial charge in [-0.05, 0) is 50.1 Å². The zero-order valence-corrected chi connectivity index (χ0v) is 9.34. The monoisotopic (exact) mass is 181 g/mol. The maximum atomic E-state index is 2.71. The van der Waals surface area contributed by atoms with Gasteiger partial charge in [0.2, 0.25) is 0 Å². The first-order valence-corrected chi connectivity index (χ1v) is 5.81. The zero-order chi connectivity index (χ0) is 9.47. The minimum Gasteiger partial charge on any atom is -0.300 e. The Balaban J connectivity index is 1.97. The van der Waals surface area contributed by atoms with Gasteiger partial charge in [0.25, 0.3) is 0 Å². The lowest BCUT2D eigenvalue weighted by molar-refractivity contribution is 0.0877. The zero-order valence-electron chi connectivity index (χ0n) is 9.34. The highest BCUT2D eigenvalue weighted by Gasteiger charge is 2.36. The molecule has 2 heterocycles. The van der Waals surface area contributed by atoms with Crippen molar-refractivity contribution in [3.8, 4) is 0 Å². The molecule has 2 atom stereocenters. The van der Waals surface area contributed by atoms with Gasteiger partial charge in [-0.15, -0.1) is 0 Å². The predicted molar refractivity (Wildman–Crippen MR) is 56.8 cm³/mol. The van der Waals surface area contributed by atoms with Crippen LogP contribution in [0, 0.1) is 11.3 Å². The third kappa shape index (κ3) is 1.90. The fraction of sp³-hybridized carbons (Fsp3) is 1.00. The average Bonchev–Trinajstić information content (AvgIpc) is 2.47. The van der Waals surface area contributed by atoms with Crippen molar-refractivity contribution in [3.05, 3.63) is 0 Å². The van der Waals surface area contributed by atoms with E-state index >= 15 is 0 Å². The van der Waals surface area contributed by atoms with Crippen LogP contribution in [0.25, 0.3) is 0 Å². The van der Waals surface area contributed by atoms with Gasteiger partial charge in [-0.25, -0.2) is 0 Å². The fourth-order valence-corrected chi connectivity index (χ4v) is 3.01. The van der Waals surface area contributed by atoms with E-state index in [9.17, 15) is 0 Å². The minimum atomic E-state index is 0.536. The maximum absolute atomic E-state index is 2.71. The van der Waals surface area contributed by atoms with Crippen molar-refractivity contribution in [2.24, 2.45) is 11.3 Å². The third-order valence-electron chi connectivity index (χ3n) is 4.05. The van der Waals surface area contributed by atoms with Gasteiger partial charge in [0.05, 0.1) is 0 Å². The molecule has 0 saturated carbocycles. The second-order valence-corrected chi connectivity index (χ2v) is 5.92. The van der Waals surface area contributed by atoms with Crippen LogP contribution < -0.4 is 0 Å². The van der Waals surface area contributed by atoms with E-state index in [1.54, 1.807) is 0 Å². The van der Waals surface area contributed by atoms with Gasteiger partial charge < -0.3 is 4.90 Å². The largest absolute Gasteiger partial charge is 0.300 e. The molecule has 0 aromatic carbocycles. The van der Waals surface area contributed by atoms with Crippen LogP contribution in [0.2, 0.25) is 0 Å². The number of rotatable bonds is 0. The Bertz CT molecular complexity index is 180. The van der Waals surface area contributed by atoms with Crippen LogP contribution in [0.3, 0.4) is 0 Å². The minimum absolute atomic E-state index is 0.536. The molecule has 2 fully saturated rings. The summed E-state index contributed by atoms with van der Waals surface area (Å²) in [6.07, 6.45) is 5.80.